The Morgan fingerprint density at radius 2 is 2.07 bits per heavy atom. The number of carbonyl (C=O) groups is 2. The molecule has 3 heterocycles. The fourth-order valence-electron chi connectivity index (χ4n) is 4.59. The Balaban J connectivity index is 1.46. The van der Waals surface area contributed by atoms with E-state index in [0.717, 1.165) is 11.1 Å². The minimum absolute atomic E-state index is 0.0763. The van der Waals surface area contributed by atoms with Crippen molar-refractivity contribution >= 4 is 33.0 Å². The van der Waals surface area contributed by atoms with Crippen molar-refractivity contribution < 1.29 is 18.0 Å². The number of rotatable bonds is 6. The van der Waals surface area contributed by atoms with Crippen LogP contribution in [0.5, 0.6) is 0 Å². The van der Waals surface area contributed by atoms with Crippen molar-refractivity contribution in [2.24, 2.45) is 17.1 Å². The van der Waals surface area contributed by atoms with E-state index in [4.69, 9.17) is 5.73 Å². The van der Waals surface area contributed by atoms with E-state index in [1.54, 1.807) is 16.2 Å². The number of nitrogens with zero attached hydrogens (tertiary/aromatic N) is 1. The maximum Gasteiger partial charge on any atom is 0.225 e. The van der Waals surface area contributed by atoms with Gasteiger partial charge in [-0.05, 0) is 47.8 Å². The number of thiophene rings is 1. The molecule has 2 aliphatic heterocycles. The second-order valence-corrected chi connectivity index (χ2v) is 11.7. The summed E-state index contributed by atoms with van der Waals surface area (Å²) in [5.41, 5.74) is 7.17. The zero-order valence-electron chi connectivity index (χ0n) is 16.7. The molecule has 0 bridgehead atoms. The number of benzene rings is 1. The van der Waals surface area contributed by atoms with Gasteiger partial charge < -0.3 is 10.6 Å². The Bertz CT molecular complexity index is 1050. The molecule has 2 aromatic rings. The maximum absolute atomic E-state index is 12.8. The number of hydrogen-bond donors (Lipinski definition) is 1. The number of nitrogens with two attached hydrogens (primary N) is 1. The number of hydrogen-bond acceptors (Lipinski definition) is 5. The Labute approximate surface area is 181 Å². The fraction of sp³-hybridized carbons (Fsp3) is 0.455. The van der Waals surface area contributed by atoms with Crippen LogP contribution in [-0.4, -0.2) is 49.7 Å². The van der Waals surface area contributed by atoms with Crippen molar-refractivity contribution in [2.45, 2.75) is 25.7 Å². The Morgan fingerprint density at radius 3 is 2.73 bits per heavy atom. The van der Waals surface area contributed by atoms with Gasteiger partial charge in [-0.3, -0.25) is 9.59 Å². The van der Waals surface area contributed by atoms with Crippen LogP contribution in [0.2, 0.25) is 0 Å². The lowest BCUT2D eigenvalue weighted by Crippen LogP contribution is -2.42. The first-order chi connectivity index (χ1) is 14.3. The molecule has 0 radical (unpaired) electrons. The Hall–Kier alpha value is -2.19. The normalized spacial score (nSPS) is 25.5. The van der Waals surface area contributed by atoms with Gasteiger partial charge in [-0.2, -0.15) is 0 Å². The molecule has 1 aromatic carbocycles. The monoisotopic (exact) mass is 446 g/mol. The third-order valence-corrected chi connectivity index (χ3v) is 9.05. The molecule has 2 fully saturated rings. The largest absolute Gasteiger partial charge is 0.369 e. The average molecular weight is 447 g/mol. The standard InChI is InChI=1S/C22H26N2O4S2/c23-21(26)22(13-16-3-1-4-18(11-16)19-5-2-9-29-19)7-8-24(15-22)20(25)12-17-6-10-30(27,28)14-17/h1-5,9,11,17H,6-8,10,12-15H2,(H2,23,26)/t17-,22-/m0/s1. The van der Waals surface area contributed by atoms with Crippen LogP contribution in [-0.2, 0) is 25.8 Å². The summed E-state index contributed by atoms with van der Waals surface area (Å²) in [5.74, 6) is -0.330. The predicted octanol–water partition coefficient (Wildman–Crippen LogP) is 2.49. The maximum atomic E-state index is 12.8. The van der Waals surface area contributed by atoms with Crippen molar-refractivity contribution in [1.82, 2.24) is 4.90 Å². The topological polar surface area (TPSA) is 97.5 Å². The minimum atomic E-state index is -3.01. The number of sulfone groups is 1. The highest BCUT2D eigenvalue weighted by atomic mass is 32.2. The summed E-state index contributed by atoms with van der Waals surface area (Å²) in [6, 6.07) is 12.2. The van der Waals surface area contributed by atoms with E-state index in [2.05, 4.69) is 12.1 Å². The van der Waals surface area contributed by atoms with Crippen LogP contribution in [0.3, 0.4) is 0 Å². The van der Waals surface area contributed by atoms with Gasteiger partial charge in [0.2, 0.25) is 11.8 Å². The predicted molar refractivity (Wildman–Crippen MR) is 118 cm³/mol. The molecule has 0 unspecified atom stereocenters. The molecular formula is C22H26N2O4S2. The van der Waals surface area contributed by atoms with Crippen LogP contribution >= 0.6 is 11.3 Å². The van der Waals surface area contributed by atoms with Crippen molar-refractivity contribution in [3.05, 3.63) is 47.3 Å². The smallest absolute Gasteiger partial charge is 0.225 e. The first-order valence-electron chi connectivity index (χ1n) is 10.2. The molecule has 2 atom stereocenters. The highest BCUT2D eigenvalue weighted by Crippen LogP contribution is 2.36. The second kappa shape index (κ2) is 8.15. The first-order valence-corrected chi connectivity index (χ1v) is 12.9. The second-order valence-electron chi connectivity index (χ2n) is 8.54. The molecule has 0 spiro atoms. The average Bonchev–Trinajstić information content (AvgIpc) is 3.43. The van der Waals surface area contributed by atoms with Crippen molar-refractivity contribution in [3.63, 3.8) is 0 Å². The van der Waals surface area contributed by atoms with Gasteiger partial charge in [0.15, 0.2) is 9.84 Å². The molecule has 8 heteroatoms. The Morgan fingerprint density at radius 1 is 1.23 bits per heavy atom. The summed E-state index contributed by atoms with van der Waals surface area (Å²) in [5, 5.41) is 2.03. The third kappa shape index (κ3) is 4.44. The third-order valence-electron chi connectivity index (χ3n) is 6.29. The van der Waals surface area contributed by atoms with Crippen molar-refractivity contribution in [3.8, 4) is 10.4 Å². The van der Waals surface area contributed by atoms with Crippen LogP contribution in [0.1, 0.15) is 24.8 Å². The summed E-state index contributed by atoms with van der Waals surface area (Å²) in [6.45, 7) is 0.774. The van der Waals surface area contributed by atoms with Crippen LogP contribution in [0.15, 0.2) is 41.8 Å². The van der Waals surface area contributed by atoms with E-state index >= 15 is 0 Å². The van der Waals surface area contributed by atoms with E-state index in [-0.39, 0.29) is 35.7 Å². The molecule has 0 aliphatic carbocycles. The van der Waals surface area contributed by atoms with Crippen LogP contribution < -0.4 is 5.73 Å². The van der Waals surface area contributed by atoms with E-state index in [0.29, 0.717) is 32.4 Å². The minimum Gasteiger partial charge on any atom is -0.369 e. The summed E-state index contributed by atoms with van der Waals surface area (Å²) in [6.07, 6.45) is 1.78. The highest BCUT2D eigenvalue weighted by molar-refractivity contribution is 7.91. The quantitative estimate of drug-likeness (QED) is 0.737. The fourth-order valence-corrected chi connectivity index (χ4v) is 7.18. The lowest BCUT2D eigenvalue weighted by molar-refractivity contribution is -0.132. The van der Waals surface area contributed by atoms with Crippen LogP contribution in [0.25, 0.3) is 10.4 Å². The Kier molecular flexibility index (Phi) is 5.72. The van der Waals surface area contributed by atoms with E-state index in [1.807, 2.05) is 29.6 Å². The lowest BCUT2D eigenvalue weighted by atomic mass is 9.80. The number of amides is 2. The zero-order valence-corrected chi connectivity index (χ0v) is 18.4. The van der Waals surface area contributed by atoms with Gasteiger partial charge in [0.05, 0.1) is 16.9 Å². The van der Waals surface area contributed by atoms with Crippen molar-refractivity contribution in [1.29, 1.82) is 0 Å². The number of likely N-dealkylation sites (tertiary alicyclic amines) is 1. The van der Waals surface area contributed by atoms with Crippen molar-refractivity contribution in [2.75, 3.05) is 24.6 Å². The van der Waals surface area contributed by atoms with Gasteiger partial charge >= 0.3 is 0 Å². The molecule has 2 saturated heterocycles. The van der Waals surface area contributed by atoms with Gasteiger partial charge in [-0.25, -0.2) is 8.42 Å². The summed E-state index contributed by atoms with van der Waals surface area (Å²) < 4.78 is 23.3. The van der Waals surface area contributed by atoms with Gasteiger partial charge in [0.25, 0.3) is 0 Å². The van der Waals surface area contributed by atoms with E-state index < -0.39 is 15.3 Å². The summed E-state index contributed by atoms with van der Waals surface area (Å²) in [4.78, 5) is 28.1. The molecule has 30 heavy (non-hydrogen) atoms. The molecule has 160 valence electrons. The SMILES string of the molecule is NC(=O)[C@]1(Cc2cccc(-c3cccs3)c2)CCN(C(=O)C[C@@H]2CCS(=O)(=O)C2)C1. The molecule has 2 amide bonds. The summed E-state index contributed by atoms with van der Waals surface area (Å²) >= 11 is 1.66. The molecule has 6 nitrogen and oxygen atoms in total. The van der Waals surface area contributed by atoms with Crippen LogP contribution in [0, 0.1) is 11.3 Å². The van der Waals surface area contributed by atoms with Gasteiger partial charge in [-0.1, -0.05) is 30.3 Å². The van der Waals surface area contributed by atoms with Crippen LogP contribution in [0.4, 0.5) is 0 Å². The van der Waals surface area contributed by atoms with E-state index in [9.17, 15) is 18.0 Å². The first kappa shape index (κ1) is 21.1. The highest BCUT2D eigenvalue weighted by Gasteiger charge is 2.45. The van der Waals surface area contributed by atoms with E-state index in [1.165, 1.54) is 4.88 Å². The molecule has 4 rings (SSSR count). The molecular weight excluding hydrogens is 420 g/mol. The summed E-state index contributed by atoms with van der Waals surface area (Å²) in [7, 11) is -3.01. The molecule has 1 aromatic heterocycles. The molecule has 0 saturated carbocycles. The zero-order chi connectivity index (χ0) is 21.4. The number of carbonyl (C=O) groups excluding carboxylic acids is 2. The lowest BCUT2D eigenvalue weighted by Gasteiger charge is -2.26. The molecule has 2 N–H and O–H groups in total. The van der Waals surface area contributed by atoms with Gasteiger partial charge in [0.1, 0.15) is 0 Å². The van der Waals surface area contributed by atoms with Gasteiger partial charge in [0, 0.05) is 24.4 Å². The number of primary amides is 1. The van der Waals surface area contributed by atoms with Gasteiger partial charge in [-0.15, -0.1) is 11.3 Å². The molecule has 2 aliphatic rings.